The molecular weight excluding hydrogens is 216 g/mol. The van der Waals surface area contributed by atoms with Crippen LogP contribution in [0.15, 0.2) is 23.0 Å². The fourth-order valence-electron chi connectivity index (χ4n) is 1.47. The highest BCUT2D eigenvalue weighted by Gasteiger charge is 2.23. The van der Waals surface area contributed by atoms with Gasteiger partial charge in [0, 0.05) is 0 Å². The lowest BCUT2D eigenvalue weighted by molar-refractivity contribution is -0.387. The second kappa shape index (κ2) is 3.23. The quantitative estimate of drug-likeness (QED) is 0.488. The summed E-state index contributed by atoms with van der Waals surface area (Å²) in [5.41, 5.74) is -1.86. The number of aromatic hydroxyl groups is 2. The van der Waals surface area contributed by atoms with E-state index in [2.05, 4.69) is 4.98 Å². The minimum Gasteiger partial charge on any atom is -0.507 e. The Hall–Kier alpha value is -2.57. The van der Waals surface area contributed by atoms with Crippen molar-refractivity contribution in [2.24, 2.45) is 0 Å². The van der Waals surface area contributed by atoms with Crippen molar-refractivity contribution >= 4 is 16.6 Å². The molecule has 0 saturated heterocycles. The van der Waals surface area contributed by atoms with Crippen LogP contribution in [0.4, 0.5) is 5.69 Å². The molecule has 7 nitrogen and oxygen atoms in total. The van der Waals surface area contributed by atoms with Gasteiger partial charge in [0.25, 0.3) is 0 Å². The fourth-order valence-corrected chi connectivity index (χ4v) is 1.47. The summed E-state index contributed by atoms with van der Waals surface area (Å²) in [5.74, 6) is -1.17. The average molecular weight is 222 g/mol. The lowest BCUT2D eigenvalue weighted by Crippen LogP contribution is -2.11. The van der Waals surface area contributed by atoms with E-state index in [9.17, 15) is 25.1 Å². The highest BCUT2D eigenvalue weighted by atomic mass is 16.6. The van der Waals surface area contributed by atoms with E-state index < -0.39 is 21.9 Å². The summed E-state index contributed by atoms with van der Waals surface area (Å²) < 4.78 is 0. The molecule has 2 rings (SSSR count). The fraction of sp³-hybridized carbons (Fsp3) is 0. The largest absolute Gasteiger partial charge is 0.507 e. The Morgan fingerprint density at radius 2 is 2.00 bits per heavy atom. The Bertz CT molecular complexity index is 646. The number of nitro groups is 1. The Labute approximate surface area is 87.7 Å². The zero-order chi connectivity index (χ0) is 11.9. The van der Waals surface area contributed by atoms with Crippen molar-refractivity contribution in [3.05, 3.63) is 38.7 Å². The van der Waals surface area contributed by atoms with E-state index in [1.54, 1.807) is 0 Å². The summed E-state index contributed by atoms with van der Waals surface area (Å²) >= 11 is 0. The molecule has 0 spiro atoms. The molecule has 0 radical (unpaired) electrons. The number of benzene rings is 1. The van der Waals surface area contributed by atoms with Crippen LogP contribution in [0.3, 0.4) is 0 Å². The van der Waals surface area contributed by atoms with E-state index in [4.69, 9.17) is 0 Å². The van der Waals surface area contributed by atoms with Crippen LogP contribution < -0.4 is 5.56 Å². The maximum absolute atomic E-state index is 11.3. The van der Waals surface area contributed by atoms with Gasteiger partial charge in [0.05, 0.1) is 15.8 Å². The molecule has 7 heteroatoms. The molecule has 0 unspecified atom stereocenters. The molecule has 0 saturated carbocycles. The molecule has 0 aliphatic rings. The third-order valence-electron chi connectivity index (χ3n) is 2.15. The van der Waals surface area contributed by atoms with Gasteiger partial charge in [-0.15, -0.1) is 0 Å². The lowest BCUT2D eigenvalue weighted by atomic mass is 10.1. The third-order valence-corrected chi connectivity index (χ3v) is 2.15. The number of aromatic nitrogens is 1. The molecule has 0 fully saturated rings. The molecule has 82 valence electrons. The van der Waals surface area contributed by atoms with Crippen LogP contribution in [0, 0.1) is 10.1 Å². The highest BCUT2D eigenvalue weighted by molar-refractivity contribution is 5.93. The molecule has 16 heavy (non-hydrogen) atoms. The number of pyridine rings is 1. The summed E-state index contributed by atoms with van der Waals surface area (Å²) in [7, 11) is 0. The van der Waals surface area contributed by atoms with Crippen molar-refractivity contribution in [1.29, 1.82) is 0 Å². The van der Waals surface area contributed by atoms with Gasteiger partial charge in [0.15, 0.2) is 0 Å². The molecule has 0 bridgehead atoms. The number of hydrogen-bond donors (Lipinski definition) is 3. The first kappa shape index (κ1) is 9.97. The third kappa shape index (κ3) is 1.26. The van der Waals surface area contributed by atoms with Crippen molar-refractivity contribution in [3.8, 4) is 11.5 Å². The van der Waals surface area contributed by atoms with Crippen molar-refractivity contribution in [2.75, 3.05) is 0 Å². The van der Waals surface area contributed by atoms with Gasteiger partial charge in [-0.05, 0) is 12.1 Å². The van der Waals surface area contributed by atoms with Gasteiger partial charge in [0.1, 0.15) is 5.75 Å². The number of H-pyrrole nitrogens is 1. The second-order valence-corrected chi connectivity index (χ2v) is 3.11. The second-order valence-electron chi connectivity index (χ2n) is 3.11. The molecule has 0 aliphatic carbocycles. The van der Waals surface area contributed by atoms with E-state index in [-0.39, 0.29) is 16.7 Å². The SMILES string of the molecule is O=c1[nH]c2cccc(O)c2c(O)c1[N+](=O)[O-]. The summed E-state index contributed by atoms with van der Waals surface area (Å²) in [4.78, 5) is 23.0. The smallest absolute Gasteiger partial charge is 0.375 e. The Balaban J connectivity index is 3.03. The van der Waals surface area contributed by atoms with Gasteiger partial charge in [-0.2, -0.15) is 0 Å². The molecule has 0 atom stereocenters. The molecule has 1 aromatic carbocycles. The van der Waals surface area contributed by atoms with Gasteiger partial charge >= 0.3 is 11.2 Å². The Morgan fingerprint density at radius 1 is 1.31 bits per heavy atom. The molecule has 0 amide bonds. The van der Waals surface area contributed by atoms with Crippen LogP contribution in [0.5, 0.6) is 11.5 Å². The Kier molecular flexibility index (Phi) is 2.01. The van der Waals surface area contributed by atoms with E-state index in [1.807, 2.05) is 0 Å². The van der Waals surface area contributed by atoms with E-state index in [0.29, 0.717) is 0 Å². The topological polar surface area (TPSA) is 116 Å². The summed E-state index contributed by atoms with van der Waals surface area (Å²) in [6.07, 6.45) is 0. The van der Waals surface area contributed by atoms with Crippen LogP contribution in [0.2, 0.25) is 0 Å². The van der Waals surface area contributed by atoms with Crippen molar-refractivity contribution < 1.29 is 15.1 Å². The van der Waals surface area contributed by atoms with Gasteiger partial charge in [-0.1, -0.05) is 6.07 Å². The standard InChI is InChI=1S/C9H6N2O5/c12-5-3-1-2-4-6(5)8(13)7(11(15)16)9(14)10-4/h1-3,12H,(H2,10,13,14). The number of fused-ring (bicyclic) bond motifs is 1. The minimum absolute atomic E-state index is 0.133. The van der Waals surface area contributed by atoms with Gasteiger partial charge in [0.2, 0.25) is 5.75 Å². The summed E-state index contributed by atoms with van der Waals surface area (Å²) in [6, 6.07) is 4.11. The number of phenolic OH excluding ortho intramolecular Hbond substituents is 1. The first-order valence-electron chi connectivity index (χ1n) is 4.23. The van der Waals surface area contributed by atoms with Crippen molar-refractivity contribution in [3.63, 3.8) is 0 Å². The molecule has 2 aromatic rings. The first-order valence-corrected chi connectivity index (χ1v) is 4.23. The van der Waals surface area contributed by atoms with Gasteiger partial charge in [-0.25, -0.2) is 0 Å². The maximum Gasteiger partial charge on any atom is 0.375 e. The zero-order valence-electron chi connectivity index (χ0n) is 7.80. The molecule has 3 N–H and O–H groups in total. The van der Waals surface area contributed by atoms with Crippen LogP contribution in [0.25, 0.3) is 10.9 Å². The minimum atomic E-state index is -1.01. The van der Waals surface area contributed by atoms with Crippen LogP contribution >= 0.6 is 0 Å². The number of nitrogens with one attached hydrogen (secondary N) is 1. The molecule has 1 heterocycles. The average Bonchev–Trinajstić information content (AvgIpc) is 2.15. The van der Waals surface area contributed by atoms with E-state index >= 15 is 0 Å². The summed E-state index contributed by atoms with van der Waals surface area (Å²) in [5, 5.41) is 29.4. The van der Waals surface area contributed by atoms with Crippen molar-refractivity contribution in [1.82, 2.24) is 4.98 Å². The number of hydrogen-bond acceptors (Lipinski definition) is 5. The normalized spacial score (nSPS) is 10.5. The zero-order valence-corrected chi connectivity index (χ0v) is 7.80. The van der Waals surface area contributed by atoms with E-state index in [0.717, 1.165) is 0 Å². The monoisotopic (exact) mass is 222 g/mol. The number of phenols is 1. The van der Waals surface area contributed by atoms with Gasteiger partial charge in [-0.3, -0.25) is 14.9 Å². The van der Waals surface area contributed by atoms with Crippen LogP contribution in [-0.2, 0) is 0 Å². The predicted molar refractivity (Wildman–Crippen MR) is 54.6 cm³/mol. The van der Waals surface area contributed by atoms with E-state index in [1.165, 1.54) is 18.2 Å². The molecule has 0 aliphatic heterocycles. The number of aromatic amines is 1. The Morgan fingerprint density at radius 3 is 2.62 bits per heavy atom. The van der Waals surface area contributed by atoms with Crippen LogP contribution in [0.1, 0.15) is 0 Å². The lowest BCUT2D eigenvalue weighted by Gasteiger charge is -2.03. The van der Waals surface area contributed by atoms with Gasteiger partial charge < -0.3 is 15.2 Å². The maximum atomic E-state index is 11.3. The van der Waals surface area contributed by atoms with Crippen molar-refractivity contribution in [2.45, 2.75) is 0 Å². The predicted octanol–water partition coefficient (Wildman–Crippen LogP) is 0.847. The summed E-state index contributed by atoms with van der Waals surface area (Å²) in [6.45, 7) is 0. The molecule has 1 aromatic heterocycles. The number of nitrogens with zero attached hydrogens (tertiary/aromatic N) is 1. The molecular formula is C9H6N2O5. The number of rotatable bonds is 1. The van der Waals surface area contributed by atoms with Crippen LogP contribution in [-0.4, -0.2) is 20.1 Å². The highest BCUT2D eigenvalue weighted by Crippen LogP contribution is 2.35. The first-order chi connectivity index (χ1) is 7.52.